The summed E-state index contributed by atoms with van der Waals surface area (Å²) in [5.41, 5.74) is 1.96. The summed E-state index contributed by atoms with van der Waals surface area (Å²) in [6.07, 6.45) is 4.89. The van der Waals surface area contributed by atoms with Crippen LogP contribution in [0.4, 0.5) is 10.1 Å². The van der Waals surface area contributed by atoms with Crippen LogP contribution in [0.25, 0.3) is 0 Å². The van der Waals surface area contributed by atoms with Crippen molar-refractivity contribution in [2.45, 2.75) is 58.2 Å². The number of para-hydroxylation sites is 1. The van der Waals surface area contributed by atoms with Gasteiger partial charge in [-0.1, -0.05) is 26.0 Å². The first-order chi connectivity index (χ1) is 9.66. The standard InChI is InChI=1S/C17H25FN2/c1-12(2)16-7-4-10-20(16)17-13(5-3-6-15(17)18)11-19-14-8-9-14/h3,5-6,12,14,16,19H,4,7-11H2,1-2H3. The summed E-state index contributed by atoms with van der Waals surface area (Å²) in [6.45, 7) is 6.26. The summed E-state index contributed by atoms with van der Waals surface area (Å²) in [5, 5.41) is 3.51. The number of hydrogen-bond acceptors (Lipinski definition) is 2. The normalized spacial score (nSPS) is 22.8. The molecule has 1 aliphatic heterocycles. The van der Waals surface area contributed by atoms with E-state index in [0.717, 1.165) is 24.3 Å². The van der Waals surface area contributed by atoms with Crippen molar-refractivity contribution in [1.29, 1.82) is 0 Å². The Balaban J connectivity index is 1.85. The third kappa shape index (κ3) is 2.83. The number of halogens is 1. The number of nitrogens with zero attached hydrogens (tertiary/aromatic N) is 1. The quantitative estimate of drug-likeness (QED) is 0.882. The van der Waals surface area contributed by atoms with E-state index < -0.39 is 0 Å². The SMILES string of the molecule is CC(C)C1CCCN1c1c(F)cccc1CNC1CC1. The molecule has 0 aromatic heterocycles. The zero-order chi connectivity index (χ0) is 14.1. The maximum Gasteiger partial charge on any atom is 0.146 e. The third-order valence-corrected chi connectivity index (χ3v) is 4.58. The lowest BCUT2D eigenvalue weighted by molar-refractivity contribution is 0.484. The molecule has 110 valence electrons. The largest absolute Gasteiger partial charge is 0.366 e. The van der Waals surface area contributed by atoms with Crippen molar-refractivity contribution < 1.29 is 4.39 Å². The molecule has 2 nitrogen and oxygen atoms in total. The van der Waals surface area contributed by atoms with E-state index in [1.165, 1.54) is 25.7 Å². The Kier molecular flexibility index (Phi) is 3.97. The van der Waals surface area contributed by atoms with E-state index in [4.69, 9.17) is 0 Å². The Bertz CT molecular complexity index is 468. The lowest BCUT2D eigenvalue weighted by Crippen LogP contribution is -2.35. The Morgan fingerprint density at radius 1 is 1.30 bits per heavy atom. The van der Waals surface area contributed by atoms with E-state index in [9.17, 15) is 4.39 Å². The van der Waals surface area contributed by atoms with Crippen LogP contribution in [0, 0.1) is 11.7 Å². The first-order valence-corrected chi connectivity index (χ1v) is 7.94. The van der Waals surface area contributed by atoms with Gasteiger partial charge in [0.15, 0.2) is 0 Å². The van der Waals surface area contributed by atoms with Crippen molar-refractivity contribution in [2.24, 2.45) is 5.92 Å². The van der Waals surface area contributed by atoms with Crippen LogP contribution in [0.1, 0.15) is 45.1 Å². The highest BCUT2D eigenvalue weighted by Crippen LogP contribution is 2.34. The average Bonchev–Trinajstić information content (AvgIpc) is 3.12. The van der Waals surface area contributed by atoms with E-state index in [0.29, 0.717) is 18.0 Å². The van der Waals surface area contributed by atoms with Crippen LogP contribution in [-0.2, 0) is 6.54 Å². The Morgan fingerprint density at radius 2 is 2.10 bits per heavy atom. The van der Waals surface area contributed by atoms with Gasteiger partial charge in [-0.05, 0) is 43.2 Å². The molecular formula is C17H25FN2. The number of hydrogen-bond donors (Lipinski definition) is 1. The van der Waals surface area contributed by atoms with Crippen LogP contribution in [-0.4, -0.2) is 18.6 Å². The molecule has 1 atom stereocenters. The molecule has 0 bridgehead atoms. The smallest absolute Gasteiger partial charge is 0.146 e. The van der Waals surface area contributed by atoms with Crippen LogP contribution in [0.5, 0.6) is 0 Å². The minimum Gasteiger partial charge on any atom is -0.366 e. The molecular weight excluding hydrogens is 251 g/mol. The summed E-state index contributed by atoms with van der Waals surface area (Å²) in [6, 6.07) is 6.65. The lowest BCUT2D eigenvalue weighted by atomic mass is 10.0. The molecule has 1 aliphatic carbocycles. The molecule has 1 unspecified atom stereocenters. The molecule has 2 fully saturated rings. The van der Waals surface area contributed by atoms with Crippen LogP contribution in [0.15, 0.2) is 18.2 Å². The van der Waals surface area contributed by atoms with Crippen LogP contribution < -0.4 is 10.2 Å². The summed E-state index contributed by atoms with van der Waals surface area (Å²) in [4.78, 5) is 2.31. The van der Waals surface area contributed by atoms with Gasteiger partial charge >= 0.3 is 0 Å². The number of rotatable bonds is 5. The van der Waals surface area contributed by atoms with E-state index >= 15 is 0 Å². The first-order valence-electron chi connectivity index (χ1n) is 7.94. The molecule has 1 saturated heterocycles. The topological polar surface area (TPSA) is 15.3 Å². The maximum absolute atomic E-state index is 14.4. The first kappa shape index (κ1) is 13.9. The van der Waals surface area contributed by atoms with Gasteiger partial charge in [-0.25, -0.2) is 4.39 Å². The molecule has 0 spiro atoms. The molecule has 1 heterocycles. The highest BCUT2D eigenvalue weighted by atomic mass is 19.1. The monoisotopic (exact) mass is 276 g/mol. The van der Waals surface area contributed by atoms with Crippen molar-refractivity contribution in [1.82, 2.24) is 5.32 Å². The van der Waals surface area contributed by atoms with Crippen LogP contribution in [0.2, 0.25) is 0 Å². The summed E-state index contributed by atoms with van der Waals surface area (Å²) < 4.78 is 14.4. The molecule has 1 saturated carbocycles. The van der Waals surface area contributed by atoms with Crippen molar-refractivity contribution >= 4 is 5.69 Å². The number of nitrogens with one attached hydrogen (secondary N) is 1. The van der Waals surface area contributed by atoms with Gasteiger partial charge in [0.05, 0.1) is 5.69 Å². The summed E-state index contributed by atoms with van der Waals surface area (Å²) >= 11 is 0. The lowest BCUT2D eigenvalue weighted by Gasteiger charge is -2.31. The van der Waals surface area contributed by atoms with E-state index in [2.05, 4.69) is 30.1 Å². The zero-order valence-corrected chi connectivity index (χ0v) is 12.5. The minimum absolute atomic E-state index is 0.0624. The molecule has 3 rings (SSSR count). The molecule has 0 amide bonds. The van der Waals surface area contributed by atoms with Gasteiger partial charge in [0.2, 0.25) is 0 Å². The van der Waals surface area contributed by atoms with E-state index in [1.807, 2.05) is 6.07 Å². The second-order valence-electron chi connectivity index (χ2n) is 6.55. The zero-order valence-electron chi connectivity index (χ0n) is 12.5. The summed E-state index contributed by atoms with van der Waals surface area (Å²) in [5.74, 6) is 0.508. The predicted molar refractivity (Wildman–Crippen MR) is 81.5 cm³/mol. The molecule has 1 N–H and O–H groups in total. The van der Waals surface area contributed by atoms with Crippen LogP contribution >= 0.6 is 0 Å². The average molecular weight is 276 g/mol. The van der Waals surface area contributed by atoms with Crippen LogP contribution in [0.3, 0.4) is 0 Å². The Labute approximate surface area is 121 Å². The molecule has 2 aliphatic rings. The van der Waals surface area contributed by atoms with Crippen molar-refractivity contribution in [3.63, 3.8) is 0 Å². The molecule has 0 radical (unpaired) electrons. The van der Waals surface area contributed by atoms with Gasteiger partial charge in [0, 0.05) is 25.2 Å². The van der Waals surface area contributed by atoms with Crippen molar-refractivity contribution in [3.05, 3.63) is 29.6 Å². The van der Waals surface area contributed by atoms with E-state index in [-0.39, 0.29) is 5.82 Å². The Morgan fingerprint density at radius 3 is 2.80 bits per heavy atom. The maximum atomic E-state index is 14.4. The van der Waals surface area contributed by atoms with Gasteiger partial charge in [0.25, 0.3) is 0 Å². The van der Waals surface area contributed by atoms with Gasteiger partial charge in [0.1, 0.15) is 5.82 Å². The number of benzene rings is 1. The van der Waals surface area contributed by atoms with Crippen molar-refractivity contribution in [3.8, 4) is 0 Å². The minimum atomic E-state index is -0.0624. The Hall–Kier alpha value is -1.09. The number of anilines is 1. The fraction of sp³-hybridized carbons (Fsp3) is 0.647. The van der Waals surface area contributed by atoms with Crippen molar-refractivity contribution in [2.75, 3.05) is 11.4 Å². The highest BCUT2D eigenvalue weighted by Gasteiger charge is 2.30. The van der Waals surface area contributed by atoms with Gasteiger partial charge in [-0.15, -0.1) is 0 Å². The van der Waals surface area contributed by atoms with E-state index in [1.54, 1.807) is 6.07 Å². The molecule has 1 aromatic rings. The predicted octanol–water partition coefficient (Wildman–Crippen LogP) is 3.70. The second kappa shape index (κ2) is 5.72. The highest BCUT2D eigenvalue weighted by molar-refractivity contribution is 5.56. The second-order valence-corrected chi connectivity index (χ2v) is 6.55. The third-order valence-electron chi connectivity index (χ3n) is 4.58. The van der Waals surface area contributed by atoms with Gasteiger partial charge in [-0.3, -0.25) is 0 Å². The molecule has 20 heavy (non-hydrogen) atoms. The van der Waals surface area contributed by atoms with Gasteiger partial charge < -0.3 is 10.2 Å². The molecule has 3 heteroatoms. The fourth-order valence-electron chi connectivity index (χ4n) is 3.33. The van der Waals surface area contributed by atoms with Gasteiger partial charge in [-0.2, -0.15) is 0 Å². The molecule has 1 aromatic carbocycles. The fourth-order valence-corrected chi connectivity index (χ4v) is 3.33. The summed E-state index contributed by atoms with van der Waals surface area (Å²) in [7, 11) is 0.